The molecule has 1 N–H and O–H groups in total. The maximum Gasteiger partial charge on any atom is 0.254 e. The van der Waals surface area contributed by atoms with Crippen molar-refractivity contribution in [1.82, 2.24) is 9.62 Å². The van der Waals surface area contributed by atoms with Crippen LogP contribution in [0.15, 0.2) is 53.3 Å². The van der Waals surface area contributed by atoms with Gasteiger partial charge in [-0.25, -0.2) is 13.1 Å². The third-order valence-corrected chi connectivity index (χ3v) is 7.34. The molecule has 8 heteroatoms. The molecule has 0 spiro atoms. The Hall–Kier alpha value is -2.16. The standard InChI is InChI=1S/C21H26N2O4S2/c1-3-12-23(15-18-9-6-13-28-18)21(24)16-10-11-19(27-2)20(14-16)29(25,26)22-17-7-4-5-8-17/h3,6,9-11,13-14,17,22H,1,4-5,7-8,12,15H2,2H3. The summed E-state index contributed by atoms with van der Waals surface area (Å²) in [5.41, 5.74) is 0.302. The van der Waals surface area contributed by atoms with E-state index in [9.17, 15) is 13.2 Å². The fraction of sp³-hybridized carbons (Fsp3) is 0.381. The smallest absolute Gasteiger partial charge is 0.254 e. The number of rotatable bonds is 9. The van der Waals surface area contributed by atoms with Gasteiger partial charge < -0.3 is 9.64 Å². The molecule has 0 aliphatic heterocycles. The van der Waals surface area contributed by atoms with Gasteiger partial charge in [-0.3, -0.25) is 4.79 Å². The van der Waals surface area contributed by atoms with Gasteiger partial charge in [0.1, 0.15) is 10.6 Å². The predicted molar refractivity (Wildman–Crippen MR) is 115 cm³/mol. The molecule has 156 valence electrons. The van der Waals surface area contributed by atoms with E-state index in [-0.39, 0.29) is 22.6 Å². The minimum Gasteiger partial charge on any atom is -0.495 e. The van der Waals surface area contributed by atoms with Crippen molar-refractivity contribution in [3.05, 3.63) is 58.8 Å². The molecule has 6 nitrogen and oxygen atoms in total. The Morgan fingerprint density at radius 3 is 2.72 bits per heavy atom. The Labute approximate surface area is 176 Å². The first-order valence-electron chi connectivity index (χ1n) is 9.57. The third-order valence-electron chi connectivity index (χ3n) is 4.94. The van der Waals surface area contributed by atoms with Crippen molar-refractivity contribution in [1.29, 1.82) is 0 Å². The van der Waals surface area contributed by atoms with Crippen LogP contribution in [0.25, 0.3) is 0 Å². The van der Waals surface area contributed by atoms with Gasteiger partial charge in [0.05, 0.1) is 13.7 Å². The first kappa shape index (κ1) is 21.5. The summed E-state index contributed by atoms with van der Waals surface area (Å²) in [5, 5.41) is 1.96. The van der Waals surface area contributed by atoms with Gasteiger partial charge in [-0.1, -0.05) is 25.0 Å². The molecule has 1 aromatic carbocycles. The van der Waals surface area contributed by atoms with E-state index in [4.69, 9.17) is 4.74 Å². The highest BCUT2D eigenvalue weighted by Crippen LogP contribution is 2.28. The Bertz CT molecular complexity index is 949. The van der Waals surface area contributed by atoms with Crippen LogP contribution in [0.2, 0.25) is 0 Å². The van der Waals surface area contributed by atoms with Crippen LogP contribution in [-0.2, 0) is 16.6 Å². The lowest BCUT2D eigenvalue weighted by Gasteiger charge is -2.21. The summed E-state index contributed by atoms with van der Waals surface area (Å²) in [5.74, 6) is -0.0288. The molecular formula is C21H26N2O4S2. The molecule has 3 rings (SSSR count). The van der Waals surface area contributed by atoms with Crippen molar-refractivity contribution < 1.29 is 17.9 Å². The minimum atomic E-state index is -3.79. The van der Waals surface area contributed by atoms with E-state index in [1.54, 1.807) is 28.4 Å². The van der Waals surface area contributed by atoms with E-state index in [0.717, 1.165) is 30.6 Å². The maximum absolute atomic E-state index is 13.1. The van der Waals surface area contributed by atoms with E-state index in [1.807, 2.05) is 17.5 Å². The van der Waals surface area contributed by atoms with E-state index >= 15 is 0 Å². The zero-order valence-electron chi connectivity index (χ0n) is 16.5. The molecule has 0 saturated heterocycles. The van der Waals surface area contributed by atoms with Crippen molar-refractivity contribution in [2.75, 3.05) is 13.7 Å². The molecule has 1 saturated carbocycles. The van der Waals surface area contributed by atoms with Crippen LogP contribution in [-0.4, -0.2) is 38.9 Å². The van der Waals surface area contributed by atoms with E-state index in [1.165, 1.54) is 19.2 Å². The van der Waals surface area contributed by atoms with E-state index in [0.29, 0.717) is 18.7 Å². The zero-order chi connectivity index (χ0) is 20.9. The largest absolute Gasteiger partial charge is 0.495 e. The SMILES string of the molecule is C=CCN(Cc1cccs1)C(=O)c1ccc(OC)c(S(=O)(=O)NC2CCCC2)c1. The number of carbonyl (C=O) groups is 1. The van der Waals surface area contributed by atoms with Crippen molar-refractivity contribution >= 4 is 27.3 Å². The number of methoxy groups -OCH3 is 1. The Morgan fingerprint density at radius 1 is 1.34 bits per heavy atom. The Kier molecular flexibility index (Phi) is 7.10. The summed E-state index contributed by atoms with van der Waals surface area (Å²) < 4.78 is 33.9. The molecule has 0 radical (unpaired) electrons. The number of amides is 1. The molecule has 1 aliphatic rings. The van der Waals surface area contributed by atoms with Crippen LogP contribution in [0.4, 0.5) is 0 Å². The fourth-order valence-electron chi connectivity index (χ4n) is 3.49. The highest BCUT2D eigenvalue weighted by atomic mass is 32.2. The summed E-state index contributed by atoms with van der Waals surface area (Å²) in [6.07, 6.45) is 5.35. The predicted octanol–water partition coefficient (Wildman–Crippen LogP) is 3.81. The van der Waals surface area contributed by atoms with Gasteiger partial charge in [0.25, 0.3) is 5.91 Å². The third kappa shape index (κ3) is 5.26. The van der Waals surface area contributed by atoms with Crippen LogP contribution in [0.5, 0.6) is 5.75 Å². The van der Waals surface area contributed by atoms with Gasteiger partial charge in [0, 0.05) is 23.0 Å². The molecule has 29 heavy (non-hydrogen) atoms. The molecule has 1 heterocycles. The van der Waals surface area contributed by atoms with Crippen LogP contribution in [0, 0.1) is 0 Å². The molecule has 0 atom stereocenters. The number of ether oxygens (including phenoxy) is 1. The number of hydrogen-bond acceptors (Lipinski definition) is 5. The van der Waals surface area contributed by atoms with Crippen LogP contribution < -0.4 is 9.46 Å². The summed E-state index contributed by atoms with van der Waals surface area (Å²) in [6, 6.07) is 8.36. The molecule has 1 aliphatic carbocycles. The van der Waals surface area contributed by atoms with Gasteiger partial charge in [0.2, 0.25) is 10.0 Å². The highest BCUT2D eigenvalue weighted by molar-refractivity contribution is 7.89. The normalized spacial score (nSPS) is 14.7. The average molecular weight is 435 g/mol. The van der Waals surface area contributed by atoms with Crippen molar-refractivity contribution in [2.45, 2.75) is 43.2 Å². The lowest BCUT2D eigenvalue weighted by atomic mass is 10.2. The first-order valence-corrected chi connectivity index (χ1v) is 11.9. The number of nitrogens with zero attached hydrogens (tertiary/aromatic N) is 1. The Balaban J connectivity index is 1.89. The second-order valence-electron chi connectivity index (χ2n) is 7.02. The number of benzene rings is 1. The monoisotopic (exact) mass is 434 g/mol. The first-order chi connectivity index (χ1) is 13.9. The van der Waals surface area contributed by atoms with Gasteiger partial charge in [-0.2, -0.15) is 0 Å². The number of nitrogens with one attached hydrogen (secondary N) is 1. The summed E-state index contributed by atoms with van der Waals surface area (Å²) in [6.45, 7) is 4.54. The van der Waals surface area contributed by atoms with Crippen molar-refractivity contribution in [3.8, 4) is 5.75 Å². The molecule has 2 aromatic rings. The van der Waals surface area contributed by atoms with Crippen molar-refractivity contribution in [3.63, 3.8) is 0 Å². The van der Waals surface area contributed by atoms with Crippen molar-refractivity contribution in [2.24, 2.45) is 0 Å². The Morgan fingerprint density at radius 2 is 2.10 bits per heavy atom. The number of hydrogen-bond donors (Lipinski definition) is 1. The molecule has 1 aromatic heterocycles. The molecule has 0 bridgehead atoms. The minimum absolute atomic E-state index is 0.00701. The summed E-state index contributed by atoms with van der Waals surface area (Å²) in [7, 11) is -2.37. The molecular weight excluding hydrogens is 408 g/mol. The molecule has 1 amide bonds. The zero-order valence-corrected chi connectivity index (χ0v) is 18.1. The number of sulfonamides is 1. The van der Waals surface area contributed by atoms with E-state index in [2.05, 4.69) is 11.3 Å². The van der Waals surface area contributed by atoms with E-state index < -0.39 is 10.0 Å². The van der Waals surface area contributed by atoms with Crippen LogP contribution >= 0.6 is 11.3 Å². The van der Waals surface area contributed by atoms with Gasteiger partial charge >= 0.3 is 0 Å². The summed E-state index contributed by atoms with van der Waals surface area (Å²) in [4.78, 5) is 15.8. The average Bonchev–Trinajstić information content (AvgIpc) is 3.40. The fourth-order valence-corrected chi connectivity index (χ4v) is 5.71. The topological polar surface area (TPSA) is 75.7 Å². The highest BCUT2D eigenvalue weighted by Gasteiger charge is 2.27. The second kappa shape index (κ2) is 9.56. The summed E-state index contributed by atoms with van der Waals surface area (Å²) >= 11 is 1.57. The van der Waals surface area contributed by atoms with Gasteiger partial charge in [-0.15, -0.1) is 17.9 Å². The van der Waals surface area contributed by atoms with Gasteiger partial charge in [-0.05, 0) is 42.5 Å². The maximum atomic E-state index is 13.1. The lowest BCUT2D eigenvalue weighted by Crippen LogP contribution is -2.33. The van der Waals surface area contributed by atoms with Crippen LogP contribution in [0.1, 0.15) is 40.9 Å². The van der Waals surface area contributed by atoms with Crippen LogP contribution in [0.3, 0.4) is 0 Å². The lowest BCUT2D eigenvalue weighted by molar-refractivity contribution is 0.0764. The quantitative estimate of drug-likeness (QED) is 0.609. The number of thiophene rings is 1. The second-order valence-corrected chi connectivity index (χ2v) is 9.74. The van der Waals surface area contributed by atoms with Gasteiger partial charge in [0.15, 0.2) is 0 Å². The number of carbonyl (C=O) groups excluding carboxylic acids is 1. The molecule has 0 unspecified atom stereocenters. The molecule has 1 fully saturated rings.